The summed E-state index contributed by atoms with van der Waals surface area (Å²) < 4.78 is 25.3. The Morgan fingerprint density at radius 2 is 2.15 bits per heavy atom. The minimum Gasteiger partial charge on any atom is -0.355 e. The Kier molecular flexibility index (Phi) is 5.85. The molecule has 3 rings (SSSR count). The molecule has 1 amide bonds. The van der Waals surface area contributed by atoms with Crippen molar-refractivity contribution >= 4 is 15.7 Å². The molecule has 7 heteroatoms. The van der Waals surface area contributed by atoms with E-state index >= 15 is 0 Å². The van der Waals surface area contributed by atoms with Gasteiger partial charge in [0.1, 0.15) is 0 Å². The Hall–Kier alpha value is -1.63. The topological polar surface area (TPSA) is 81.1 Å². The molecule has 0 spiro atoms. The molecule has 6 nitrogen and oxygen atoms in total. The summed E-state index contributed by atoms with van der Waals surface area (Å²) in [7, 11) is -2.96. The van der Waals surface area contributed by atoms with Crippen LogP contribution in [0.5, 0.6) is 0 Å². The molecule has 1 unspecified atom stereocenters. The fourth-order valence-electron chi connectivity index (χ4n) is 3.99. The highest BCUT2D eigenvalue weighted by atomic mass is 32.2. The van der Waals surface area contributed by atoms with E-state index in [1.807, 2.05) is 18.5 Å². The zero-order valence-corrected chi connectivity index (χ0v) is 16.6. The molecule has 1 fully saturated rings. The second-order valence-electron chi connectivity index (χ2n) is 7.54. The van der Waals surface area contributed by atoms with E-state index in [1.165, 1.54) is 18.4 Å². The van der Waals surface area contributed by atoms with E-state index in [9.17, 15) is 13.2 Å². The number of rotatable bonds is 6. The molecule has 2 heterocycles. The van der Waals surface area contributed by atoms with Crippen molar-refractivity contribution in [3.8, 4) is 0 Å². The number of hydrogen-bond acceptors (Lipinski definition) is 4. The molecular formula is C19H29N3O3S. The summed E-state index contributed by atoms with van der Waals surface area (Å²) in [6, 6.07) is -0.103. The van der Waals surface area contributed by atoms with Crippen LogP contribution in [-0.4, -0.2) is 42.2 Å². The largest absolute Gasteiger partial charge is 0.355 e. The smallest absolute Gasteiger partial charge is 0.224 e. The fourth-order valence-corrected chi connectivity index (χ4v) is 5.69. The van der Waals surface area contributed by atoms with Crippen LogP contribution in [0, 0.1) is 13.8 Å². The van der Waals surface area contributed by atoms with Gasteiger partial charge in [0.25, 0.3) is 0 Å². The summed E-state index contributed by atoms with van der Waals surface area (Å²) in [6.07, 6.45) is 9.01. The van der Waals surface area contributed by atoms with E-state index < -0.39 is 9.84 Å². The molecule has 1 aromatic heterocycles. The van der Waals surface area contributed by atoms with Gasteiger partial charge in [0.2, 0.25) is 5.91 Å². The van der Waals surface area contributed by atoms with Crippen LogP contribution in [0.15, 0.2) is 11.6 Å². The van der Waals surface area contributed by atoms with E-state index in [0.717, 1.165) is 36.2 Å². The Morgan fingerprint density at radius 3 is 2.81 bits per heavy atom. The van der Waals surface area contributed by atoms with Crippen molar-refractivity contribution in [3.63, 3.8) is 0 Å². The zero-order valence-electron chi connectivity index (χ0n) is 15.8. The molecule has 1 aromatic rings. The average Bonchev–Trinajstić information content (AvgIpc) is 3.09. The van der Waals surface area contributed by atoms with Crippen LogP contribution >= 0.6 is 0 Å². The van der Waals surface area contributed by atoms with Gasteiger partial charge in [-0.2, -0.15) is 5.10 Å². The lowest BCUT2D eigenvalue weighted by atomic mass is 9.97. The van der Waals surface area contributed by atoms with E-state index in [1.54, 1.807) is 0 Å². The van der Waals surface area contributed by atoms with E-state index in [-0.39, 0.29) is 23.5 Å². The lowest BCUT2D eigenvalue weighted by Crippen LogP contribution is -2.27. The lowest BCUT2D eigenvalue weighted by Gasteiger charge is -2.13. The van der Waals surface area contributed by atoms with Crippen LogP contribution in [0.1, 0.15) is 61.5 Å². The molecule has 1 aliphatic heterocycles. The third kappa shape index (κ3) is 4.55. The number of aromatic nitrogens is 2. The van der Waals surface area contributed by atoms with Gasteiger partial charge in [-0.1, -0.05) is 11.6 Å². The first kappa shape index (κ1) is 19.1. The zero-order chi connectivity index (χ0) is 18.7. The fraction of sp³-hybridized carbons (Fsp3) is 0.684. The summed E-state index contributed by atoms with van der Waals surface area (Å²) >= 11 is 0. The highest BCUT2D eigenvalue weighted by molar-refractivity contribution is 7.91. The molecule has 2 aliphatic rings. The molecular weight excluding hydrogens is 350 g/mol. The quantitative estimate of drug-likeness (QED) is 0.770. The van der Waals surface area contributed by atoms with Crippen LogP contribution in [0.4, 0.5) is 0 Å². The molecule has 1 atom stereocenters. The van der Waals surface area contributed by atoms with E-state index in [4.69, 9.17) is 0 Å². The van der Waals surface area contributed by atoms with Crippen LogP contribution in [0.25, 0.3) is 0 Å². The molecule has 0 bridgehead atoms. The molecule has 0 aromatic carbocycles. The lowest BCUT2D eigenvalue weighted by molar-refractivity contribution is -0.120. The first-order valence-corrected chi connectivity index (χ1v) is 11.4. The van der Waals surface area contributed by atoms with Crippen molar-refractivity contribution < 1.29 is 13.2 Å². The number of nitrogens with zero attached hydrogens (tertiary/aromatic N) is 2. The van der Waals surface area contributed by atoms with E-state index in [0.29, 0.717) is 19.4 Å². The summed E-state index contributed by atoms with van der Waals surface area (Å²) in [5, 5.41) is 7.54. The second-order valence-corrected chi connectivity index (χ2v) is 9.76. The van der Waals surface area contributed by atoms with Gasteiger partial charge >= 0.3 is 0 Å². The SMILES string of the molecule is Cc1nn(C2CCS(=O)(=O)C2)c(C)c1CC(=O)NCCC1=CCCCC1. The van der Waals surface area contributed by atoms with Gasteiger partial charge in [-0.05, 0) is 52.4 Å². The molecule has 0 saturated carbocycles. The monoisotopic (exact) mass is 379 g/mol. The first-order valence-electron chi connectivity index (χ1n) is 9.55. The third-order valence-corrected chi connectivity index (χ3v) is 7.27. The molecule has 1 N–H and O–H groups in total. The maximum absolute atomic E-state index is 12.3. The highest BCUT2D eigenvalue weighted by Gasteiger charge is 2.31. The Bertz CT molecular complexity index is 808. The van der Waals surface area contributed by atoms with Crippen molar-refractivity contribution in [1.29, 1.82) is 0 Å². The number of aryl methyl sites for hydroxylation is 1. The van der Waals surface area contributed by atoms with Gasteiger partial charge in [-0.15, -0.1) is 0 Å². The average molecular weight is 380 g/mol. The van der Waals surface area contributed by atoms with Crippen LogP contribution in [0.2, 0.25) is 0 Å². The Balaban J connectivity index is 1.57. The van der Waals surface area contributed by atoms with Crippen LogP contribution in [-0.2, 0) is 21.1 Å². The van der Waals surface area contributed by atoms with Gasteiger partial charge in [0.15, 0.2) is 9.84 Å². The molecule has 144 valence electrons. The first-order chi connectivity index (χ1) is 12.4. The number of carbonyl (C=O) groups excluding carboxylic acids is 1. The predicted octanol–water partition coefficient (Wildman–Crippen LogP) is 2.41. The van der Waals surface area contributed by atoms with Crippen molar-refractivity contribution in [2.45, 2.75) is 64.8 Å². The van der Waals surface area contributed by atoms with Gasteiger partial charge in [0.05, 0.1) is 29.7 Å². The Morgan fingerprint density at radius 1 is 1.35 bits per heavy atom. The number of allylic oxidation sites excluding steroid dienone is 1. The van der Waals surface area contributed by atoms with Crippen molar-refractivity contribution in [1.82, 2.24) is 15.1 Å². The highest BCUT2D eigenvalue weighted by Crippen LogP contribution is 2.27. The maximum Gasteiger partial charge on any atom is 0.224 e. The second kappa shape index (κ2) is 7.94. The number of amides is 1. The predicted molar refractivity (Wildman–Crippen MR) is 102 cm³/mol. The standard InChI is InChI=1S/C19H29N3O3S/c1-14-18(12-19(23)20-10-8-16-6-4-3-5-7-16)15(2)22(21-14)17-9-11-26(24,25)13-17/h6,17H,3-5,7-13H2,1-2H3,(H,20,23). The Labute approximate surface area is 156 Å². The number of carbonyl (C=O) groups is 1. The van der Waals surface area contributed by atoms with Gasteiger partial charge in [-0.25, -0.2) is 8.42 Å². The third-order valence-electron chi connectivity index (χ3n) is 5.52. The van der Waals surface area contributed by atoms with E-state index in [2.05, 4.69) is 16.5 Å². The summed E-state index contributed by atoms with van der Waals surface area (Å²) in [5.41, 5.74) is 4.11. The summed E-state index contributed by atoms with van der Waals surface area (Å²) in [6.45, 7) is 4.50. The van der Waals surface area contributed by atoms with Crippen molar-refractivity contribution in [3.05, 3.63) is 28.6 Å². The van der Waals surface area contributed by atoms with Gasteiger partial charge < -0.3 is 5.32 Å². The minimum atomic E-state index is -2.96. The minimum absolute atomic E-state index is 0.00574. The number of nitrogens with one attached hydrogen (secondary N) is 1. The molecule has 1 saturated heterocycles. The van der Waals surface area contributed by atoms with Gasteiger partial charge in [0, 0.05) is 17.8 Å². The van der Waals surface area contributed by atoms with Crippen molar-refractivity contribution in [2.75, 3.05) is 18.1 Å². The molecule has 26 heavy (non-hydrogen) atoms. The summed E-state index contributed by atoms with van der Waals surface area (Å²) in [4.78, 5) is 12.3. The molecule has 0 radical (unpaired) electrons. The van der Waals surface area contributed by atoms with Crippen molar-refractivity contribution in [2.24, 2.45) is 0 Å². The summed E-state index contributed by atoms with van der Waals surface area (Å²) in [5.74, 6) is 0.378. The number of sulfone groups is 1. The normalized spacial score (nSPS) is 22.2. The van der Waals surface area contributed by atoms with Crippen LogP contribution in [0.3, 0.4) is 0 Å². The van der Waals surface area contributed by atoms with Crippen LogP contribution < -0.4 is 5.32 Å². The maximum atomic E-state index is 12.3. The number of hydrogen-bond donors (Lipinski definition) is 1. The van der Waals surface area contributed by atoms with Gasteiger partial charge in [-0.3, -0.25) is 9.48 Å². The molecule has 1 aliphatic carbocycles.